The van der Waals surface area contributed by atoms with Crippen molar-refractivity contribution in [3.05, 3.63) is 53.7 Å². The summed E-state index contributed by atoms with van der Waals surface area (Å²) in [6.07, 6.45) is 1.57. The van der Waals surface area contributed by atoms with Crippen molar-refractivity contribution < 1.29 is 9.47 Å². The number of fused-ring (bicyclic) bond motifs is 1. The summed E-state index contributed by atoms with van der Waals surface area (Å²) < 4.78 is 11.1. The molecule has 0 amide bonds. The minimum Gasteiger partial charge on any atom is -0.486 e. The molecule has 2 aromatic carbocycles. The molecule has 7 heteroatoms. The number of aryl methyl sites for hydroxylation is 2. The van der Waals surface area contributed by atoms with Gasteiger partial charge >= 0.3 is 0 Å². The Morgan fingerprint density at radius 3 is 2.62 bits per heavy atom. The molecule has 2 heterocycles. The van der Waals surface area contributed by atoms with Gasteiger partial charge in [0.2, 0.25) is 5.95 Å². The van der Waals surface area contributed by atoms with Crippen LogP contribution in [0.5, 0.6) is 11.5 Å². The smallest absolute Gasteiger partial charge is 0.249 e. The van der Waals surface area contributed by atoms with Crippen molar-refractivity contribution in [2.45, 2.75) is 13.8 Å². The highest BCUT2D eigenvalue weighted by molar-refractivity contribution is 5.63. The highest BCUT2D eigenvalue weighted by atomic mass is 16.6. The molecule has 1 aromatic heterocycles. The fourth-order valence-corrected chi connectivity index (χ4v) is 2.76. The number of rotatable bonds is 4. The molecule has 1 aliphatic rings. The molecular weight excluding hydrogens is 330 g/mol. The number of hydrogen-bond donors (Lipinski definition) is 2. The van der Waals surface area contributed by atoms with Crippen LogP contribution >= 0.6 is 0 Å². The van der Waals surface area contributed by atoms with E-state index in [-0.39, 0.29) is 0 Å². The molecule has 0 aliphatic carbocycles. The fourth-order valence-electron chi connectivity index (χ4n) is 2.76. The third kappa shape index (κ3) is 3.51. The van der Waals surface area contributed by atoms with Crippen molar-refractivity contribution in [3.8, 4) is 11.5 Å². The van der Waals surface area contributed by atoms with Crippen molar-refractivity contribution in [2.75, 3.05) is 23.8 Å². The first-order valence-corrected chi connectivity index (χ1v) is 8.38. The molecule has 0 bridgehead atoms. The lowest BCUT2D eigenvalue weighted by molar-refractivity contribution is 0.171. The molecule has 0 saturated carbocycles. The topological polar surface area (TPSA) is 81.2 Å². The van der Waals surface area contributed by atoms with E-state index in [1.165, 1.54) is 5.56 Å². The molecule has 2 N–H and O–H groups in total. The van der Waals surface area contributed by atoms with Crippen molar-refractivity contribution in [2.24, 2.45) is 0 Å². The number of nitrogens with one attached hydrogen (secondary N) is 2. The van der Waals surface area contributed by atoms with E-state index in [9.17, 15) is 0 Å². The Hall–Kier alpha value is -3.35. The number of benzene rings is 2. The Balaban J connectivity index is 1.52. The van der Waals surface area contributed by atoms with Crippen molar-refractivity contribution >= 4 is 23.1 Å². The van der Waals surface area contributed by atoms with E-state index >= 15 is 0 Å². The maximum absolute atomic E-state index is 5.60. The second-order valence-corrected chi connectivity index (χ2v) is 6.09. The first-order valence-electron chi connectivity index (χ1n) is 8.38. The maximum atomic E-state index is 5.60. The van der Waals surface area contributed by atoms with Crippen LogP contribution in [-0.2, 0) is 0 Å². The quantitative estimate of drug-likeness (QED) is 0.742. The highest BCUT2D eigenvalue weighted by Gasteiger charge is 2.12. The summed E-state index contributed by atoms with van der Waals surface area (Å²) in [5, 5.41) is 14.5. The number of anilines is 4. The van der Waals surface area contributed by atoms with Crippen molar-refractivity contribution in [1.29, 1.82) is 0 Å². The van der Waals surface area contributed by atoms with Gasteiger partial charge in [-0.3, -0.25) is 0 Å². The molecule has 1 aliphatic heterocycles. The number of hydrogen-bond acceptors (Lipinski definition) is 7. The molecule has 0 atom stereocenters. The Morgan fingerprint density at radius 2 is 1.77 bits per heavy atom. The lowest BCUT2D eigenvalue weighted by atomic mass is 10.1. The number of aromatic nitrogens is 3. The molecule has 0 fully saturated rings. The average molecular weight is 349 g/mol. The van der Waals surface area contributed by atoms with Gasteiger partial charge in [0.15, 0.2) is 17.3 Å². The summed E-state index contributed by atoms with van der Waals surface area (Å²) in [5.41, 5.74) is 4.13. The number of ether oxygens (including phenoxy) is 2. The van der Waals surface area contributed by atoms with Crippen LogP contribution in [0.4, 0.5) is 23.1 Å². The van der Waals surface area contributed by atoms with Gasteiger partial charge in [-0.15, -0.1) is 5.10 Å². The zero-order valence-electron chi connectivity index (χ0n) is 14.6. The fraction of sp³-hybridized carbons (Fsp3) is 0.211. The Morgan fingerprint density at radius 1 is 0.923 bits per heavy atom. The molecular formula is C19H19N5O2. The summed E-state index contributed by atoms with van der Waals surface area (Å²) in [7, 11) is 0. The zero-order valence-corrected chi connectivity index (χ0v) is 14.6. The van der Waals surface area contributed by atoms with E-state index in [1.54, 1.807) is 6.20 Å². The van der Waals surface area contributed by atoms with E-state index in [1.807, 2.05) is 37.3 Å². The van der Waals surface area contributed by atoms with Gasteiger partial charge in [-0.2, -0.15) is 10.1 Å². The molecule has 0 saturated heterocycles. The van der Waals surface area contributed by atoms with Crippen LogP contribution < -0.4 is 20.1 Å². The third-order valence-electron chi connectivity index (χ3n) is 4.00. The first-order chi connectivity index (χ1) is 12.7. The lowest BCUT2D eigenvalue weighted by Crippen LogP contribution is -2.15. The van der Waals surface area contributed by atoms with E-state index in [0.29, 0.717) is 25.0 Å². The van der Waals surface area contributed by atoms with Gasteiger partial charge in [-0.25, -0.2) is 0 Å². The summed E-state index contributed by atoms with van der Waals surface area (Å²) in [6.45, 7) is 5.23. The van der Waals surface area contributed by atoms with Gasteiger partial charge in [-0.05, 0) is 37.6 Å². The van der Waals surface area contributed by atoms with Gasteiger partial charge < -0.3 is 20.1 Å². The van der Waals surface area contributed by atoms with Crippen molar-refractivity contribution in [1.82, 2.24) is 15.2 Å². The van der Waals surface area contributed by atoms with E-state index in [2.05, 4.69) is 38.8 Å². The monoisotopic (exact) mass is 349 g/mol. The average Bonchev–Trinajstić information content (AvgIpc) is 2.64. The van der Waals surface area contributed by atoms with Crippen LogP contribution in [0.2, 0.25) is 0 Å². The minimum absolute atomic E-state index is 0.430. The predicted octanol–water partition coefficient (Wildman–Crippen LogP) is 3.75. The standard InChI is InChI=1S/C19H19N5O2/c1-12-3-5-15(13(2)9-12)22-19-23-18(11-20-24-19)21-14-4-6-16-17(10-14)26-8-7-25-16/h3-6,9-11H,7-8H2,1-2H3,(H2,21,22,23,24). The molecule has 7 nitrogen and oxygen atoms in total. The van der Waals surface area contributed by atoms with Crippen LogP contribution in [0.25, 0.3) is 0 Å². The first kappa shape index (κ1) is 16.1. The van der Waals surface area contributed by atoms with Gasteiger partial charge in [0, 0.05) is 17.4 Å². The largest absolute Gasteiger partial charge is 0.486 e. The highest BCUT2D eigenvalue weighted by Crippen LogP contribution is 2.33. The molecule has 3 aromatic rings. The van der Waals surface area contributed by atoms with Gasteiger partial charge in [0.25, 0.3) is 0 Å². The Kier molecular flexibility index (Phi) is 4.27. The minimum atomic E-state index is 0.430. The van der Waals surface area contributed by atoms with E-state index in [0.717, 1.165) is 28.4 Å². The third-order valence-corrected chi connectivity index (χ3v) is 4.00. The van der Waals surface area contributed by atoms with Gasteiger partial charge in [0.05, 0.1) is 6.20 Å². The molecule has 4 rings (SSSR count). The molecule has 0 radical (unpaired) electrons. The summed E-state index contributed by atoms with van der Waals surface area (Å²) in [5.74, 6) is 2.49. The van der Waals surface area contributed by atoms with Gasteiger partial charge in [0.1, 0.15) is 13.2 Å². The summed E-state index contributed by atoms with van der Waals surface area (Å²) >= 11 is 0. The second kappa shape index (κ2) is 6.87. The SMILES string of the molecule is Cc1ccc(Nc2nncc(Nc3ccc4c(c3)OCCO4)n2)c(C)c1. The van der Waals surface area contributed by atoms with E-state index < -0.39 is 0 Å². The maximum Gasteiger partial charge on any atom is 0.249 e. The Bertz CT molecular complexity index is 945. The Labute approximate surface area is 151 Å². The lowest BCUT2D eigenvalue weighted by Gasteiger charge is -2.19. The van der Waals surface area contributed by atoms with Crippen LogP contribution in [0, 0.1) is 13.8 Å². The van der Waals surface area contributed by atoms with Crippen molar-refractivity contribution in [3.63, 3.8) is 0 Å². The van der Waals surface area contributed by atoms with Crippen LogP contribution in [-0.4, -0.2) is 28.4 Å². The normalized spacial score (nSPS) is 12.5. The second-order valence-electron chi connectivity index (χ2n) is 6.09. The van der Waals surface area contributed by atoms with Crippen LogP contribution in [0.1, 0.15) is 11.1 Å². The number of nitrogens with zero attached hydrogens (tertiary/aromatic N) is 3. The molecule has 132 valence electrons. The van der Waals surface area contributed by atoms with E-state index in [4.69, 9.17) is 9.47 Å². The van der Waals surface area contributed by atoms with Crippen LogP contribution in [0.15, 0.2) is 42.6 Å². The predicted molar refractivity (Wildman–Crippen MR) is 99.7 cm³/mol. The molecule has 0 unspecified atom stereocenters. The summed E-state index contributed by atoms with van der Waals surface area (Å²) in [4.78, 5) is 4.47. The van der Waals surface area contributed by atoms with Crippen LogP contribution in [0.3, 0.4) is 0 Å². The summed E-state index contributed by atoms with van der Waals surface area (Å²) in [6, 6.07) is 11.8. The zero-order chi connectivity index (χ0) is 17.9. The van der Waals surface area contributed by atoms with Gasteiger partial charge in [-0.1, -0.05) is 17.7 Å². The molecule has 0 spiro atoms. The molecule has 26 heavy (non-hydrogen) atoms.